The van der Waals surface area contributed by atoms with Crippen LogP contribution >= 0.6 is 0 Å². The molecule has 1 aliphatic heterocycles. The van der Waals surface area contributed by atoms with Gasteiger partial charge in [-0.05, 0) is 50.8 Å². The van der Waals surface area contributed by atoms with Gasteiger partial charge in [0.1, 0.15) is 10.9 Å². The van der Waals surface area contributed by atoms with Gasteiger partial charge in [-0.25, -0.2) is 8.42 Å². The molecule has 7 heteroatoms. The van der Waals surface area contributed by atoms with E-state index in [0.717, 1.165) is 18.4 Å². The number of hydrogen-bond acceptors (Lipinski definition) is 5. The zero-order valence-electron chi connectivity index (χ0n) is 13.0. The number of aryl methyl sites for hydroxylation is 1. The average molecular weight is 325 g/mol. The molecule has 1 aromatic rings. The number of nitrogens with two attached hydrogens (primary N) is 2. The van der Waals surface area contributed by atoms with Crippen LogP contribution in [-0.4, -0.2) is 31.8 Å². The first-order valence-electron chi connectivity index (χ1n) is 7.31. The summed E-state index contributed by atoms with van der Waals surface area (Å²) in [7, 11) is -3.68. The maximum Gasteiger partial charge on any atom is 0.298 e. The molecule has 122 valence electrons. The van der Waals surface area contributed by atoms with Crippen LogP contribution in [0.5, 0.6) is 0 Å². The topological polar surface area (TPSA) is 108 Å². The van der Waals surface area contributed by atoms with Crippen molar-refractivity contribution in [3.63, 3.8) is 0 Å². The van der Waals surface area contributed by atoms with E-state index in [1.807, 2.05) is 24.3 Å². The molecule has 0 radical (unpaired) electrons. The minimum atomic E-state index is -3.68. The largest absolute Gasteiger partial charge is 0.457 e. The molecule has 0 aromatic heterocycles. The van der Waals surface area contributed by atoms with Gasteiger partial charge < -0.3 is 16.2 Å². The highest BCUT2D eigenvalue weighted by Crippen LogP contribution is 2.30. The molecule has 0 amide bonds. The van der Waals surface area contributed by atoms with Crippen molar-refractivity contribution in [3.05, 3.63) is 35.4 Å². The zero-order chi connectivity index (χ0) is 16.4. The van der Waals surface area contributed by atoms with E-state index in [-0.39, 0.29) is 6.02 Å². The molecule has 0 saturated carbocycles. The Bertz CT molecular complexity index is 651. The Balaban J connectivity index is 2.18. The van der Waals surface area contributed by atoms with Gasteiger partial charge in [-0.1, -0.05) is 24.3 Å². The normalized spacial score (nSPS) is 22.7. The summed E-state index contributed by atoms with van der Waals surface area (Å²) in [5.41, 5.74) is 12.2. The summed E-state index contributed by atoms with van der Waals surface area (Å²) in [6, 6.07) is 7.61. The van der Waals surface area contributed by atoms with E-state index in [4.69, 9.17) is 16.2 Å². The minimum absolute atomic E-state index is 0.293. The van der Waals surface area contributed by atoms with Crippen LogP contribution < -0.4 is 11.5 Å². The Morgan fingerprint density at radius 3 is 2.36 bits per heavy atom. The first kappa shape index (κ1) is 16.8. The monoisotopic (exact) mass is 325 g/mol. The van der Waals surface area contributed by atoms with E-state index in [2.05, 4.69) is 4.40 Å². The zero-order valence-corrected chi connectivity index (χ0v) is 13.8. The minimum Gasteiger partial charge on any atom is -0.457 e. The molecule has 0 saturated heterocycles. The quantitative estimate of drug-likeness (QED) is 0.837. The third-order valence-corrected chi connectivity index (χ3v) is 5.72. The standard InChI is InChI=1S/C15H23N3O3S/c1-15(2)13(22(19,20)18-14(17)21-15)10-12-7-5-11(6-8-12)4-3-9-16/h5-8,13H,3-4,9-10,16H2,1-2H3,(H2,17,18). The number of ether oxygens (including phenoxy) is 1. The highest BCUT2D eigenvalue weighted by Gasteiger charge is 2.45. The number of sulfonamides is 1. The second kappa shape index (κ2) is 6.26. The highest BCUT2D eigenvalue weighted by molar-refractivity contribution is 7.91. The molecule has 1 atom stereocenters. The third-order valence-electron chi connectivity index (χ3n) is 3.83. The number of benzene rings is 1. The SMILES string of the molecule is CC1(C)OC(N)=NS(=O)(=O)C1Cc1ccc(CCCN)cc1. The first-order valence-corrected chi connectivity index (χ1v) is 8.81. The number of nitrogens with zero attached hydrogens (tertiary/aromatic N) is 1. The summed E-state index contributed by atoms with van der Waals surface area (Å²) in [6.45, 7) is 4.09. The molecule has 0 spiro atoms. The molecule has 22 heavy (non-hydrogen) atoms. The molecule has 4 N–H and O–H groups in total. The molecule has 1 unspecified atom stereocenters. The predicted octanol–water partition coefficient (Wildman–Crippen LogP) is 0.942. The van der Waals surface area contributed by atoms with Crippen molar-refractivity contribution in [2.24, 2.45) is 15.9 Å². The number of amidine groups is 1. The lowest BCUT2D eigenvalue weighted by Gasteiger charge is -2.35. The van der Waals surface area contributed by atoms with Crippen LogP contribution in [0.2, 0.25) is 0 Å². The van der Waals surface area contributed by atoms with Crippen LogP contribution in [0.15, 0.2) is 28.7 Å². The van der Waals surface area contributed by atoms with Crippen molar-refractivity contribution in [2.45, 2.75) is 44.0 Å². The summed E-state index contributed by atoms with van der Waals surface area (Å²) in [6.07, 6.45) is 2.20. The summed E-state index contributed by atoms with van der Waals surface area (Å²) in [4.78, 5) is 0. The lowest BCUT2D eigenvalue weighted by Crippen LogP contribution is -2.51. The smallest absolute Gasteiger partial charge is 0.298 e. The molecule has 1 aromatic carbocycles. The van der Waals surface area contributed by atoms with Crippen molar-refractivity contribution in [3.8, 4) is 0 Å². The lowest BCUT2D eigenvalue weighted by atomic mass is 9.96. The fourth-order valence-corrected chi connectivity index (χ4v) is 4.20. The van der Waals surface area contributed by atoms with Crippen LogP contribution in [0, 0.1) is 0 Å². The molecular formula is C15H23N3O3S. The van der Waals surface area contributed by atoms with E-state index < -0.39 is 20.9 Å². The van der Waals surface area contributed by atoms with Crippen molar-refractivity contribution < 1.29 is 13.2 Å². The van der Waals surface area contributed by atoms with E-state index in [1.54, 1.807) is 13.8 Å². The van der Waals surface area contributed by atoms with Gasteiger partial charge in [-0.15, -0.1) is 4.40 Å². The second-order valence-electron chi connectivity index (χ2n) is 6.05. The van der Waals surface area contributed by atoms with Crippen molar-refractivity contribution in [1.82, 2.24) is 0 Å². The van der Waals surface area contributed by atoms with Crippen molar-refractivity contribution in [1.29, 1.82) is 0 Å². The summed E-state index contributed by atoms with van der Waals surface area (Å²) in [5.74, 6) is 0. The van der Waals surface area contributed by atoms with Crippen LogP contribution in [-0.2, 0) is 27.6 Å². The molecule has 1 heterocycles. The second-order valence-corrected chi connectivity index (χ2v) is 7.83. The van der Waals surface area contributed by atoms with Crippen LogP contribution in [0.1, 0.15) is 31.4 Å². The van der Waals surface area contributed by atoms with E-state index in [0.29, 0.717) is 13.0 Å². The van der Waals surface area contributed by atoms with E-state index in [1.165, 1.54) is 5.56 Å². The molecule has 6 nitrogen and oxygen atoms in total. The third kappa shape index (κ3) is 3.78. The first-order chi connectivity index (χ1) is 10.2. The molecule has 0 fully saturated rings. The van der Waals surface area contributed by atoms with E-state index in [9.17, 15) is 8.42 Å². The van der Waals surface area contributed by atoms with Crippen molar-refractivity contribution >= 4 is 16.0 Å². The Kier molecular flexibility index (Phi) is 4.77. The van der Waals surface area contributed by atoms with Gasteiger partial charge in [0.25, 0.3) is 16.0 Å². The summed E-state index contributed by atoms with van der Waals surface area (Å²) < 4.78 is 33.4. The van der Waals surface area contributed by atoms with Gasteiger partial charge in [0.05, 0.1) is 0 Å². The Labute approximate surface area is 131 Å². The molecule has 2 rings (SSSR count). The number of rotatable bonds is 5. The van der Waals surface area contributed by atoms with Gasteiger partial charge >= 0.3 is 0 Å². The molecular weight excluding hydrogens is 302 g/mol. The lowest BCUT2D eigenvalue weighted by molar-refractivity contribution is 0.0826. The Morgan fingerprint density at radius 2 is 1.82 bits per heavy atom. The predicted molar refractivity (Wildman–Crippen MR) is 87.0 cm³/mol. The molecule has 0 aliphatic carbocycles. The maximum absolute atomic E-state index is 12.3. The average Bonchev–Trinajstić information content (AvgIpc) is 2.40. The highest BCUT2D eigenvalue weighted by atomic mass is 32.2. The Morgan fingerprint density at radius 1 is 1.23 bits per heavy atom. The number of hydrogen-bond donors (Lipinski definition) is 2. The van der Waals surface area contributed by atoms with Gasteiger partial charge in [0, 0.05) is 0 Å². The van der Waals surface area contributed by atoms with Crippen molar-refractivity contribution in [2.75, 3.05) is 6.54 Å². The van der Waals surface area contributed by atoms with Crippen LogP contribution in [0.3, 0.4) is 0 Å². The molecule has 1 aliphatic rings. The fourth-order valence-electron chi connectivity index (χ4n) is 2.61. The van der Waals surface area contributed by atoms with Crippen LogP contribution in [0.4, 0.5) is 0 Å². The van der Waals surface area contributed by atoms with Gasteiger partial charge in [-0.2, -0.15) is 0 Å². The van der Waals surface area contributed by atoms with Gasteiger partial charge in [0.15, 0.2) is 0 Å². The maximum atomic E-state index is 12.3. The fraction of sp³-hybridized carbons (Fsp3) is 0.533. The Hall–Kier alpha value is -1.60. The summed E-state index contributed by atoms with van der Waals surface area (Å²) >= 11 is 0. The van der Waals surface area contributed by atoms with E-state index >= 15 is 0 Å². The van der Waals surface area contributed by atoms with Gasteiger partial charge in [0.2, 0.25) is 0 Å². The summed E-state index contributed by atoms with van der Waals surface area (Å²) in [5, 5.41) is -0.762. The molecule has 0 bridgehead atoms. The van der Waals surface area contributed by atoms with Gasteiger partial charge in [-0.3, -0.25) is 0 Å². The van der Waals surface area contributed by atoms with Crippen LogP contribution in [0.25, 0.3) is 0 Å².